The van der Waals surface area contributed by atoms with E-state index in [0.29, 0.717) is 25.0 Å². The molecule has 0 aromatic rings. The van der Waals surface area contributed by atoms with Crippen LogP contribution in [0.3, 0.4) is 0 Å². The minimum Gasteiger partial charge on any atom is -0.468 e. The number of ether oxygens (including phenoxy) is 3. The highest BCUT2D eigenvalue weighted by atomic mass is 16.6. The fraction of sp³-hybridized carbons (Fsp3) is 0.750. The number of esters is 2. The van der Waals surface area contributed by atoms with Gasteiger partial charge in [-0.05, 0) is 57.3 Å². The average Bonchev–Trinajstić information content (AvgIpc) is 2.96. The van der Waals surface area contributed by atoms with E-state index in [1.54, 1.807) is 6.92 Å². The first-order valence-corrected chi connectivity index (χ1v) is 12.7. The summed E-state index contributed by atoms with van der Waals surface area (Å²) in [6.07, 6.45) is 4.85. The van der Waals surface area contributed by atoms with Crippen LogP contribution in [0, 0.1) is 38.9 Å². The van der Waals surface area contributed by atoms with Crippen molar-refractivity contribution in [2.24, 2.45) is 38.9 Å². The number of ketones is 1. The van der Waals surface area contributed by atoms with Gasteiger partial charge in [0.25, 0.3) is 0 Å². The normalized spacial score (nSPS) is 47.5. The van der Waals surface area contributed by atoms with E-state index in [4.69, 9.17) is 14.2 Å². The number of allylic oxidation sites excluding steroid dienone is 3. The summed E-state index contributed by atoms with van der Waals surface area (Å²) in [5.74, 6) is -2.31. The molecule has 0 aromatic heterocycles. The largest absolute Gasteiger partial charge is 0.468 e. The van der Waals surface area contributed by atoms with Crippen LogP contribution in [-0.4, -0.2) is 42.3 Å². The third kappa shape index (κ3) is 2.34. The second-order valence-electron chi connectivity index (χ2n) is 12.6. The van der Waals surface area contributed by atoms with Gasteiger partial charge in [-0.1, -0.05) is 32.4 Å². The van der Waals surface area contributed by atoms with Crippen LogP contribution in [0.2, 0.25) is 0 Å². The number of hydrogen-bond donors (Lipinski definition) is 1. The molecular weight excluding hydrogens is 448 g/mol. The van der Waals surface area contributed by atoms with Crippen molar-refractivity contribution in [1.82, 2.24) is 0 Å². The molecule has 7 heteroatoms. The molecule has 4 fully saturated rings. The van der Waals surface area contributed by atoms with Gasteiger partial charge in [-0.3, -0.25) is 14.4 Å². The highest BCUT2D eigenvalue weighted by molar-refractivity contribution is 6.11. The molecule has 2 heterocycles. The van der Waals surface area contributed by atoms with Gasteiger partial charge in [-0.2, -0.15) is 0 Å². The van der Waals surface area contributed by atoms with Gasteiger partial charge in [0.05, 0.1) is 19.1 Å². The van der Waals surface area contributed by atoms with E-state index in [2.05, 4.69) is 26.8 Å². The van der Waals surface area contributed by atoms with E-state index >= 15 is 0 Å². The zero-order valence-corrected chi connectivity index (χ0v) is 22.2. The molecule has 7 nitrogen and oxygen atoms in total. The van der Waals surface area contributed by atoms with Crippen LogP contribution in [0.4, 0.5) is 0 Å². The van der Waals surface area contributed by atoms with Gasteiger partial charge < -0.3 is 19.3 Å². The number of aliphatic hydroxyl groups is 1. The van der Waals surface area contributed by atoms with E-state index in [9.17, 15) is 19.5 Å². The standard InChI is InChI=1S/C28H38O7/c1-15-13-19-24(6,10-9-18-23(4,5)27(32)12-11-26(18,19)14-34-27)28(22(31)33-8)21(35-17(3)29)16(2)20(30)25(15,28)7/h13,18-19,32H,9-12,14H2,1-8H3/t18-,19-,24+,25+,26+,27-,28-/m1/s1. The molecule has 1 spiro atoms. The number of hydrogen-bond acceptors (Lipinski definition) is 7. The van der Waals surface area contributed by atoms with Crippen molar-refractivity contribution >= 4 is 17.7 Å². The van der Waals surface area contributed by atoms with Crippen LogP contribution in [0.25, 0.3) is 0 Å². The summed E-state index contributed by atoms with van der Waals surface area (Å²) in [6, 6.07) is 0. The van der Waals surface area contributed by atoms with E-state index in [-0.39, 0.29) is 28.8 Å². The maximum Gasteiger partial charge on any atom is 0.321 e. The molecule has 1 N–H and O–H groups in total. The molecule has 7 atom stereocenters. The highest BCUT2D eigenvalue weighted by Crippen LogP contribution is 2.79. The Morgan fingerprint density at radius 3 is 2.31 bits per heavy atom. The molecule has 0 radical (unpaired) electrons. The van der Waals surface area contributed by atoms with Crippen molar-refractivity contribution in [3.8, 4) is 0 Å². The Hall–Kier alpha value is -1.99. The predicted molar refractivity (Wildman–Crippen MR) is 126 cm³/mol. The summed E-state index contributed by atoms with van der Waals surface area (Å²) in [5.41, 5.74) is -3.20. The molecule has 192 valence electrons. The Kier molecular flexibility index (Phi) is 4.84. The van der Waals surface area contributed by atoms with Crippen LogP contribution in [-0.2, 0) is 28.6 Å². The molecular formula is C28H38O7. The molecule has 6 aliphatic rings. The zero-order chi connectivity index (χ0) is 26.0. The van der Waals surface area contributed by atoms with Gasteiger partial charge in [0, 0.05) is 29.7 Å². The first kappa shape index (κ1) is 24.7. The summed E-state index contributed by atoms with van der Waals surface area (Å²) in [6.45, 7) is 13.3. The van der Waals surface area contributed by atoms with Crippen LogP contribution >= 0.6 is 0 Å². The molecule has 0 aromatic carbocycles. The van der Waals surface area contributed by atoms with Crippen LogP contribution < -0.4 is 0 Å². The third-order valence-electron chi connectivity index (χ3n) is 11.4. The number of rotatable bonds is 2. The van der Waals surface area contributed by atoms with Crippen molar-refractivity contribution < 1.29 is 33.7 Å². The van der Waals surface area contributed by atoms with Gasteiger partial charge >= 0.3 is 11.9 Å². The van der Waals surface area contributed by atoms with Gasteiger partial charge in [0.15, 0.2) is 11.6 Å². The van der Waals surface area contributed by atoms with Gasteiger partial charge in [-0.25, -0.2) is 0 Å². The van der Waals surface area contributed by atoms with Crippen LogP contribution in [0.15, 0.2) is 23.0 Å². The number of carbonyl (C=O) groups is 3. The number of fused-ring (bicyclic) bond motifs is 5. The number of Topliss-reactive ketones (excluding diaryl/α,β-unsaturated/α-hetero) is 1. The fourth-order valence-corrected chi connectivity index (χ4v) is 9.55. The maximum absolute atomic E-state index is 14.1. The Morgan fingerprint density at radius 2 is 1.77 bits per heavy atom. The Balaban J connectivity index is 1.83. The molecule has 0 unspecified atom stereocenters. The lowest BCUT2D eigenvalue weighted by atomic mass is 9.32. The molecule has 35 heavy (non-hydrogen) atoms. The summed E-state index contributed by atoms with van der Waals surface area (Å²) in [4.78, 5) is 40.4. The summed E-state index contributed by atoms with van der Waals surface area (Å²) in [7, 11) is 1.34. The number of methoxy groups -OCH3 is 1. The second kappa shape index (κ2) is 6.86. The minimum absolute atomic E-state index is 0.141. The minimum atomic E-state index is -1.49. The highest BCUT2D eigenvalue weighted by Gasteiger charge is 2.82. The first-order chi connectivity index (χ1) is 16.1. The van der Waals surface area contributed by atoms with Gasteiger partial charge in [0.2, 0.25) is 0 Å². The lowest BCUT2D eigenvalue weighted by molar-refractivity contribution is -0.392. The molecule has 6 rings (SSSR count). The topological polar surface area (TPSA) is 99.1 Å². The molecule has 2 saturated carbocycles. The smallest absolute Gasteiger partial charge is 0.321 e. The average molecular weight is 487 g/mol. The lowest BCUT2D eigenvalue weighted by Crippen LogP contribution is -2.74. The quantitative estimate of drug-likeness (QED) is 0.464. The fourth-order valence-electron chi connectivity index (χ4n) is 9.55. The van der Waals surface area contributed by atoms with E-state index in [0.717, 1.165) is 18.4 Å². The van der Waals surface area contributed by atoms with Crippen LogP contribution in [0.1, 0.15) is 74.1 Å². The summed E-state index contributed by atoms with van der Waals surface area (Å²) in [5, 5.41) is 11.4. The zero-order valence-electron chi connectivity index (χ0n) is 22.2. The lowest BCUT2D eigenvalue weighted by Gasteiger charge is -2.73. The van der Waals surface area contributed by atoms with Crippen molar-refractivity contribution in [1.29, 1.82) is 0 Å². The molecule has 2 saturated heterocycles. The Labute approximate surface area is 207 Å². The maximum atomic E-state index is 14.1. The van der Waals surface area contributed by atoms with Crippen molar-refractivity contribution in [2.45, 2.75) is 79.9 Å². The molecule has 4 aliphatic carbocycles. The van der Waals surface area contributed by atoms with E-state index in [1.807, 2.05) is 13.8 Å². The van der Waals surface area contributed by atoms with Crippen molar-refractivity contribution in [2.75, 3.05) is 13.7 Å². The summed E-state index contributed by atoms with van der Waals surface area (Å²) >= 11 is 0. The third-order valence-corrected chi connectivity index (χ3v) is 11.4. The Bertz CT molecular complexity index is 1100. The van der Waals surface area contributed by atoms with Crippen molar-refractivity contribution in [3.63, 3.8) is 0 Å². The summed E-state index contributed by atoms with van der Waals surface area (Å²) < 4.78 is 17.5. The van der Waals surface area contributed by atoms with Gasteiger partial charge in [0.1, 0.15) is 11.2 Å². The van der Waals surface area contributed by atoms with Gasteiger partial charge in [-0.15, -0.1) is 0 Å². The monoisotopic (exact) mass is 486 g/mol. The molecule has 2 bridgehead atoms. The Morgan fingerprint density at radius 1 is 1.11 bits per heavy atom. The first-order valence-electron chi connectivity index (χ1n) is 12.7. The van der Waals surface area contributed by atoms with E-state index < -0.39 is 39.4 Å². The SMILES string of the molecule is COC(=O)[C@@]12C(OC(C)=O)=C(C)C(=O)[C@]1(C)C(C)=C[C@H]1[C@@]34CC[C@@](O)(OC3)C(C)(C)[C@H]4CC[C@@]12C. The van der Waals surface area contributed by atoms with E-state index in [1.165, 1.54) is 14.0 Å². The second-order valence-corrected chi connectivity index (χ2v) is 12.6. The molecule has 2 aliphatic heterocycles. The molecule has 0 amide bonds. The van der Waals surface area contributed by atoms with Crippen LogP contribution in [0.5, 0.6) is 0 Å². The predicted octanol–water partition coefficient (Wildman–Crippen LogP) is 4.09. The number of carbonyl (C=O) groups excluding carboxylic acids is 3. The van der Waals surface area contributed by atoms with Crippen molar-refractivity contribution in [3.05, 3.63) is 23.0 Å².